The molecular formula is C22H21N3O6S. The van der Waals surface area contributed by atoms with Gasteiger partial charge in [-0.2, -0.15) is 0 Å². The normalized spacial score (nSPS) is 10.4. The molecule has 0 aliphatic heterocycles. The first-order valence-electron chi connectivity index (χ1n) is 9.64. The summed E-state index contributed by atoms with van der Waals surface area (Å²) in [5.74, 6) is -0.889. The van der Waals surface area contributed by atoms with Gasteiger partial charge in [0.05, 0.1) is 17.0 Å². The van der Waals surface area contributed by atoms with Gasteiger partial charge in [-0.1, -0.05) is 24.3 Å². The van der Waals surface area contributed by atoms with Gasteiger partial charge in [-0.25, -0.2) is 9.78 Å². The number of nitro benzene ring substituents is 1. The van der Waals surface area contributed by atoms with Gasteiger partial charge in [0.1, 0.15) is 11.6 Å². The summed E-state index contributed by atoms with van der Waals surface area (Å²) in [6.45, 7) is 3.31. The molecule has 0 radical (unpaired) electrons. The number of aromatic nitrogens is 1. The number of rotatable bonds is 9. The number of carbonyl (C=O) groups is 2. The molecule has 1 amide bonds. The maximum absolute atomic E-state index is 12.3. The fraction of sp³-hybridized carbons (Fsp3) is 0.227. The number of nitrogens with one attached hydrogen (secondary N) is 1. The Morgan fingerprint density at radius 3 is 2.75 bits per heavy atom. The number of ether oxygens (including phenoxy) is 2. The van der Waals surface area contributed by atoms with Crippen LogP contribution in [-0.2, 0) is 27.4 Å². The van der Waals surface area contributed by atoms with Crippen molar-refractivity contribution < 1.29 is 24.0 Å². The van der Waals surface area contributed by atoms with Crippen LogP contribution in [0, 0.1) is 24.0 Å². The number of hydrogen-bond donors (Lipinski definition) is 1. The number of esters is 1. The predicted molar refractivity (Wildman–Crippen MR) is 119 cm³/mol. The number of anilines is 1. The third-order valence-electron chi connectivity index (χ3n) is 4.37. The summed E-state index contributed by atoms with van der Waals surface area (Å²) in [7, 11) is 0. The van der Waals surface area contributed by atoms with Crippen LogP contribution in [0.25, 0.3) is 0 Å². The first kappa shape index (κ1) is 22.9. The maximum atomic E-state index is 12.3. The van der Waals surface area contributed by atoms with Crippen LogP contribution < -0.4 is 10.1 Å². The van der Waals surface area contributed by atoms with Crippen LogP contribution >= 0.6 is 11.3 Å². The number of nitro groups is 1. The van der Waals surface area contributed by atoms with Gasteiger partial charge in [0.25, 0.3) is 0 Å². The summed E-state index contributed by atoms with van der Waals surface area (Å²) < 4.78 is 10.3. The highest BCUT2D eigenvalue weighted by molar-refractivity contribution is 7.09. The quantitative estimate of drug-likeness (QED) is 0.294. The molecule has 0 saturated carbocycles. The number of thiazole rings is 1. The van der Waals surface area contributed by atoms with Crippen LogP contribution in [0.2, 0.25) is 0 Å². The van der Waals surface area contributed by atoms with Crippen LogP contribution in [0.3, 0.4) is 0 Å². The summed E-state index contributed by atoms with van der Waals surface area (Å²) in [4.78, 5) is 38.9. The van der Waals surface area contributed by atoms with Crippen LogP contribution in [0.1, 0.15) is 21.8 Å². The highest BCUT2D eigenvalue weighted by Gasteiger charge is 2.16. The number of nitrogens with zero attached hydrogens (tertiary/aromatic N) is 2. The molecule has 2 aromatic carbocycles. The molecule has 0 saturated heterocycles. The zero-order valence-corrected chi connectivity index (χ0v) is 18.3. The fourth-order valence-corrected chi connectivity index (χ4v) is 3.54. The van der Waals surface area contributed by atoms with Crippen molar-refractivity contribution in [2.75, 3.05) is 11.9 Å². The Hall–Kier alpha value is -3.79. The Balaban J connectivity index is 1.47. The van der Waals surface area contributed by atoms with Crippen molar-refractivity contribution in [3.8, 4) is 5.75 Å². The molecule has 0 unspecified atom stereocenters. The molecule has 0 fully saturated rings. The first-order valence-corrected chi connectivity index (χ1v) is 10.5. The molecule has 1 heterocycles. The van der Waals surface area contributed by atoms with Gasteiger partial charge in [-0.15, -0.1) is 11.3 Å². The molecule has 0 aliphatic carbocycles. The second-order valence-electron chi connectivity index (χ2n) is 6.95. The van der Waals surface area contributed by atoms with Crippen molar-refractivity contribution in [3.63, 3.8) is 0 Å². The average molecular weight is 455 g/mol. The molecule has 1 aromatic heterocycles. The summed E-state index contributed by atoms with van der Waals surface area (Å²) in [6.07, 6.45) is 0.104. The Bertz CT molecular complexity index is 1140. The second kappa shape index (κ2) is 10.5. The van der Waals surface area contributed by atoms with Gasteiger partial charge >= 0.3 is 11.7 Å². The molecule has 0 atom stereocenters. The molecule has 3 aromatic rings. The molecule has 10 heteroatoms. The van der Waals surface area contributed by atoms with E-state index in [-0.39, 0.29) is 30.4 Å². The SMILES string of the molecule is Cc1ccc(C)c(NC(=O)Cc2nc(COC(=O)COc3ccccc3[N+](=O)[O-])cs2)c1. The average Bonchev–Trinajstić information content (AvgIpc) is 3.20. The smallest absolute Gasteiger partial charge is 0.344 e. The predicted octanol–water partition coefficient (Wildman–Crippen LogP) is 3.97. The fourth-order valence-electron chi connectivity index (χ4n) is 2.76. The van der Waals surface area contributed by atoms with Crippen molar-refractivity contribution in [1.82, 2.24) is 4.98 Å². The van der Waals surface area contributed by atoms with Gasteiger partial charge < -0.3 is 14.8 Å². The topological polar surface area (TPSA) is 121 Å². The highest BCUT2D eigenvalue weighted by atomic mass is 32.1. The highest BCUT2D eigenvalue weighted by Crippen LogP contribution is 2.25. The molecule has 3 rings (SSSR count). The number of benzene rings is 2. The second-order valence-corrected chi connectivity index (χ2v) is 7.89. The number of amides is 1. The van der Waals surface area contributed by atoms with Gasteiger partial charge in [-0.05, 0) is 37.1 Å². The van der Waals surface area contributed by atoms with Gasteiger partial charge in [0.15, 0.2) is 12.4 Å². The Morgan fingerprint density at radius 1 is 1.19 bits per heavy atom. The van der Waals surface area contributed by atoms with Crippen molar-refractivity contribution in [1.29, 1.82) is 0 Å². The Morgan fingerprint density at radius 2 is 1.97 bits per heavy atom. The number of para-hydroxylation sites is 2. The van der Waals surface area contributed by atoms with E-state index < -0.39 is 17.5 Å². The molecule has 0 bridgehead atoms. The lowest BCUT2D eigenvalue weighted by molar-refractivity contribution is -0.385. The van der Waals surface area contributed by atoms with Crippen LogP contribution in [0.4, 0.5) is 11.4 Å². The van der Waals surface area contributed by atoms with Crippen LogP contribution in [0.15, 0.2) is 47.8 Å². The van der Waals surface area contributed by atoms with Gasteiger partial charge in [0.2, 0.25) is 5.91 Å². The van der Waals surface area contributed by atoms with Crippen molar-refractivity contribution in [2.45, 2.75) is 26.9 Å². The molecule has 0 aliphatic rings. The van der Waals surface area contributed by atoms with E-state index in [2.05, 4.69) is 10.3 Å². The lowest BCUT2D eigenvalue weighted by atomic mass is 10.1. The van der Waals surface area contributed by atoms with E-state index in [1.165, 1.54) is 29.5 Å². The molecule has 0 spiro atoms. The van der Waals surface area contributed by atoms with Gasteiger partial charge in [-0.3, -0.25) is 14.9 Å². The monoisotopic (exact) mass is 455 g/mol. The summed E-state index contributed by atoms with van der Waals surface area (Å²) in [5.41, 5.74) is 3.06. The summed E-state index contributed by atoms with van der Waals surface area (Å²) >= 11 is 1.29. The Labute approximate surface area is 188 Å². The van der Waals surface area contributed by atoms with Crippen LogP contribution in [-0.4, -0.2) is 28.4 Å². The van der Waals surface area contributed by atoms with E-state index >= 15 is 0 Å². The maximum Gasteiger partial charge on any atom is 0.344 e. The standard InChI is InChI=1S/C22H21N3O6S/c1-14-7-8-15(2)17(9-14)24-20(26)10-21-23-16(13-32-21)11-31-22(27)12-30-19-6-4-3-5-18(19)25(28)29/h3-9,13H,10-12H2,1-2H3,(H,24,26). The number of carbonyl (C=O) groups excluding carboxylic acids is 2. The van der Waals surface area contributed by atoms with E-state index in [4.69, 9.17) is 9.47 Å². The van der Waals surface area contributed by atoms with Crippen LogP contribution in [0.5, 0.6) is 5.75 Å². The molecule has 9 nitrogen and oxygen atoms in total. The van der Waals surface area contributed by atoms with E-state index in [0.29, 0.717) is 10.7 Å². The minimum atomic E-state index is -0.689. The number of aryl methyl sites for hydroxylation is 2. The summed E-state index contributed by atoms with van der Waals surface area (Å²) in [6, 6.07) is 11.6. The molecule has 1 N–H and O–H groups in total. The van der Waals surface area contributed by atoms with E-state index in [1.807, 2.05) is 32.0 Å². The third-order valence-corrected chi connectivity index (χ3v) is 5.26. The van der Waals surface area contributed by atoms with Crippen molar-refractivity contribution >= 4 is 34.6 Å². The molecule has 32 heavy (non-hydrogen) atoms. The van der Waals surface area contributed by atoms with E-state index in [9.17, 15) is 19.7 Å². The summed E-state index contributed by atoms with van der Waals surface area (Å²) in [5, 5.41) is 16.1. The molecule has 166 valence electrons. The van der Waals surface area contributed by atoms with Gasteiger partial charge in [0, 0.05) is 17.1 Å². The van der Waals surface area contributed by atoms with Crippen molar-refractivity contribution in [3.05, 3.63) is 79.8 Å². The van der Waals surface area contributed by atoms with E-state index in [0.717, 1.165) is 16.8 Å². The lowest BCUT2D eigenvalue weighted by Crippen LogP contribution is -2.16. The zero-order valence-electron chi connectivity index (χ0n) is 17.5. The third kappa shape index (κ3) is 6.35. The van der Waals surface area contributed by atoms with Crippen molar-refractivity contribution in [2.24, 2.45) is 0 Å². The Kier molecular flexibility index (Phi) is 7.50. The van der Waals surface area contributed by atoms with E-state index in [1.54, 1.807) is 11.4 Å². The number of hydrogen-bond acceptors (Lipinski definition) is 8. The zero-order chi connectivity index (χ0) is 23.1. The molecular weight excluding hydrogens is 434 g/mol. The minimum Gasteiger partial charge on any atom is -0.475 e. The largest absolute Gasteiger partial charge is 0.475 e. The first-order chi connectivity index (χ1) is 15.3. The lowest BCUT2D eigenvalue weighted by Gasteiger charge is -2.08. The minimum absolute atomic E-state index is 0.0137.